The van der Waals surface area contributed by atoms with Crippen molar-refractivity contribution in [1.29, 1.82) is 0 Å². The molecule has 15 heavy (non-hydrogen) atoms. The third-order valence-corrected chi connectivity index (χ3v) is 3.30. The Kier molecular flexibility index (Phi) is 3.97. The van der Waals surface area contributed by atoms with Crippen LogP contribution in [0.2, 0.25) is 0 Å². The molecule has 4 N–H and O–H groups in total. The summed E-state index contributed by atoms with van der Waals surface area (Å²) in [7, 11) is 0. The molecule has 1 rings (SSSR count). The fraction of sp³-hybridized carbons (Fsp3) is 0.909. The van der Waals surface area contributed by atoms with Crippen LogP contribution in [-0.2, 0) is 0 Å². The first-order chi connectivity index (χ1) is 6.97. The van der Waals surface area contributed by atoms with Gasteiger partial charge in [-0.1, -0.05) is 25.9 Å². The topological polar surface area (TPSA) is 70.6 Å². The third-order valence-electron chi connectivity index (χ3n) is 3.30. The van der Waals surface area contributed by atoms with E-state index in [0.29, 0.717) is 5.84 Å². The second-order valence-corrected chi connectivity index (χ2v) is 5.25. The van der Waals surface area contributed by atoms with Crippen LogP contribution in [0, 0.1) is 11.3 Å². The van der Waals surface area contributed by atoms with Crippen molar-refractivity contribution in [3.8, 4) is 0 Å². The molecule has 1 aliphatic rings. The average Bonchev–Trinajstić information content (AvgIpc) is 2.88. The first-order valence-corrected chi connectivity index (χ1v) is 5.69. The van der Waals surface area contributed by atoms with Crippen LogP contribution >= 0.6 is 0 Å². The fourth-order valence-corrected chi connectivity index (χ4v) is 1.69. The summed E-state index contributed by atoms with van der Waals surface area (Å²) in [5.74, 6) is 1.17. The maximum absolute atomic E-state index is 8.61. The molecule has 0 amide bonds. The summed E-state index contributed by atoms with van der Waals surface area (Å²) >= 11 is 0. The maximum Gasteiger partial charge on any atom is 0.144 e. The Morgan fingerprint density at radius 3 is 2.67 bits per heavy atom. The summed E-state index contributed by atoms with van der Waals surface area (Å²) in [4.78, 5) is 0. The van der Waals surface area contributed by atoms with E-state index < -0.39 is 0 Å². The number of hydrogen-bond acceptors (Lipinski definition) is 3. The van der Waals surface area contributed by atoms with Crippen molar-refractivity contribution >= 4 is 5.84 Å². The van der Waals surface area contributed by atoms with Crippen LogP contribution in [0.5, 0.6) is 0 Å². The number of nitrogens with two attached hydrogens (primary N) is 1. The van der Waals surface area contributed by atoms with Gasteiger partial charge in [-0.05, 0) is 31.7 Å². The molecule has 88 valence electrons. The Labute approximate surface area is 91.9 Å². The summed E-state index contributed by atoms with van der Waals surface area (Å²) in [5.41, 5.74) is 5.40. The van der Waals surface area contributed by atoms with E-state index in [4.69, 9.17) is 10.9 Å². The van der Waals surface area contributed by atoms with Crippen molar-refractivity contribution in [1.82, 2.24) is 5.32 Å². The Hall–Kier alpha value is -0.770. The van der Waals surface area contributed by atoms with E-state index >= 15 is 0 Å². The number of rotatable bonds is 6. The molecule has 0 aromatic rings. The molecule has 2 atom stereocenters. The van der Waals surface area contributed by atoms with Crippen LogP contribution in [0.3, 0.4) is 0 Å². The zero-order valence-corrected chi connectivity index (χ0v) is 9.95. The smallest absolute Gasteiger partial charge is 0.144 e. The monoisotopic (exact) mass is 213 g/mol. The lowest BCUT2D eigenvalue weighted by molar-refractivity contribution is 0.304. The molecule has 1 fully saturated rings. The predicted molar refractivity (Wildman–Crippen MR) is 62.0 cm³/mol. The normalized spacial score (nSPS) is 26.7. The van der Waals surface area contributed by atoms with Crippen LogP contribution < -0.4 is 11.1 Å². The summed E-state index contributed by atoms with van der Waals surface area (Å²) in [5, 5.41) is 15.2. The zero-order valence-electron chi connectivity index (χ0n) is 9.95. The molecule has 0 spiro atoms. The van der Waals surface area contributed by atoms with Gasteiger partial charge in [0.2, 0.25) is 0 Å². The molecule has 0 aromatic heterocycles. The van der Waals surface area contributed by atoms with Gasteiger partial charge in [0.05, 0.1) is 0 Å². The Bertz CT molecular complexity index is 238. The van der Waals surface area contributed by atoms with E-state index in [1.807, 2.05) is 13.8 Å². The average molecular weight is 213 g/mol. The quantitative estimate of drug-likeness (QED) is 0.206. The third kappa shape index (κ3) is 3.70. The van der Waals surface area contributed by atoms with Crippen molar-refractivity contribution in [2.24, 2.45) is 22.2 Å². The number of nitrogens with zero attached hydrogens (tertiary/aromatic N) is 1. The van der Waals surface area contributed by atoms with Gasteiger partial charge in [0.15, 0.2) is 0 Å². The minimum Gasteiger partial charge on any atom is -0.409 e. The van der Waals surface area contributed by atoms with Crippen LogP contribution in [0.1, 0.15) is 40.0 Å². The molecule has 0 bridgehead atoms. The molecule has 0 radical (unpaired) electrons. The minimum absolute atomic E-state index is 0.203. The number of hydrogen-bond donors (Lipinski definition) is 3. The van der Waals surface area contributed by atoms with E-state index in [2.05, 4.69) is 17.4 Å². The van der Waals surface area contributed by atoms with Crippen LogP contribution in [-0.4, -0.2) is 23.6 Å². The van der Waals surface area contributed by atoms with Crippen molar-refractivity contribution in [3.05, 3.63) is 0 Å². The molecule has 0 aromatic carbocycles. The Balaban J connectivity index is 2.13. The molecular weight excluding hydrogens is 190 g/mol. The van der Waals surface area contributed by atoms with Gasteiger partial charge in [0, 0.05) is 11.5 Å². The van der Waals surface area contributed by atoms with Gasteiger partial charge in [0.1, 0.15) is 5.84 Å². The molecule has 1 aliphatic carbocycles. The summed E-state index contributed by atoms with van der Waals surface area (Å²) in [6.07, 6.45) is 3.31. The fourth-order valence-electron chi connectivity index (χ4n) is 1.69. The molecule has 1 saturated carbocycles. The zero-order chi connectivity index (χ0) is 11.5. The van der Waals surface area contributed by atoms with Gasteiger partial charge in [-0.25, -0.2) is 0 Å². The highest BCUT2D eigenvalue weighted by molar-refractivity contribution is 5.85. The Morgan fingerprint density at radius 2 is 2.20 bits per heavy atom. The number of oxime groups is 1. The highest BCUT2D eigenvalue weighted by Gasteiger charge is 2.31. The van der Waals surface area contributed by atoms with Crippen molar-refractivity contribution in [3.63, 3.8) is 0 Å². The summed E-state index contributed by atoms with van der Waals surface area (Å²) < 4.78 is 0. The molecule has 4 heteroatoms. The molecule has 0 aliphatic heterocycles. The van der Waals surface area contributed by atoms with E-state index in [1.165, 1.54) is 6.42 Å². The van der Waals surface area contributed by atoms with Crippen molar-refractivity contribution < 1.29 is 5.21 Å². The van der Waals surface area contributed by atoms with Gasteiger partial charge in [-0.3, -0.25) is 0 Å². The molecule has 0 saturated heterocycles. The van der Waals surface area contributed by atoms with Crippen molar-refractivity contribution in [2.45, 2.75) is 46.1 Å². The highest BCUT2D eigenvalue weighted by Crippen LogP contribution is 2.29. The van der Waals surface area contributed by atoms with Gasteiger partial charge < -0.3 is 16.3 Å². The van der Waals surface area contributed by atoms with E-state index in [9.17, 15) is 0 Å². The van der Waals surface area contributed by atoms with Crippen LogP contribution in [0.25, 0.3) is 0 Å². The lowest BCUT2D eigenvalue weighted by atomic mass is 9.86. The molecule has 2 unspecified atom stereocenters. The first kappa shape index (κ1) is 12.3. The molecular formula is C11H23N3O. The first-order valence-electron chi connectivity index (χ1n) is 5.69. The van der Waals surface area contributed by atoms with E-state index in [-0.39, 0.29) is 5.41 Å². The lowest BCUT2D eigenvalue weighted by Gasteiger charge is -2.22. The van der Waals surface area contributed by atoms with Crippen LogP contribution in [0.15, 0.2) is 5.16 Å². The van der Waals surface area contributed by atoms with Gasteiger partial charge >= 0.3 is 0 Å². The lowest BCUT2D eigenvalue weighted by Crippen LogP contribution is -2.33. The maximum atomic E-state index is 8.61. The van der Waals surface area contributed by atoms with Crippen LogP contribution in [0.4, 0.5) is 0 Å². The largest absolute Gasteiger partial charge is 0.409 e. The van der Waals surface area contributed by atoms with Gasteiger partial charge in [-0.15, -0.1) is 0 Å². The standard InChI is InChI=1S/C11H23N3O/c1-8-7-9(8)13-6-4-5-11(2,3)10(12)14-15/h8-9,13,15H,4-7H2,1-3H3,(H2,12,14). The predicted octanol–water partition coefficient (Wildman–Crippen LogP) is 1.54. The second-order valence-electron chi connectivity index (χ2n) is 5.25. The Morgan fingerprint density at radius 1 is 1.60 bits per heavy atom. The van der Waals surface area contributed by atoms with E-state index in [0.717, 1.165) is 31.3 Å². The highest BCUT2D eigenvalue weighted by atomic mass is 16.4. The summed E-state index contributed by atoms with van der Waals surface area (Å²) in [6, 6.07) is 0.733. The van der Waals surface area contributed by atoms with Gasteiger partial charge in [0.25, 0.3) is 0 Å². The molecule has 4 nitrogen and oxygen atoms in total. The minimum atomic E-state index is -0.203. The van der Waals surface area contributed by atoms with E-state index in [1.54, 1.807) is 0 Å². The second kappa shape index (κ2) is 4.84. The van der Waals surface area contributed by atoms with Crippen molar-refractivity contribution in [2.75, 3.05) is 6.54 Å². The SMILES string of the molecule is CC1CC1NCCCC(C)(C)C(N)=NO. The molecule has 0 heterocycles. The number of amidine groups is 1. The van der Waals surface area contributed by atoms with Gasteiger partial charge in [-0.2, -0.15) is 0 Å². The number of nitrogens with one attached hydrogen (secondary N) is 1. The summed E-state index contributed by atoms with van der Waals surface area (Å²) in [6.45, 7) is 7.29.